The van der Waals surface area contributed by atoms with E-state index < -0.39 is 5.54 Å². The minimum Gasteiger partial charge on any atom is -0.368 e. The zero-order valence-corrected chi connectivity index (χ0v) is 19.2. The first kappa shape index (κ1) is 21.9. The first-order valence-corrected chi connectivity index (χ1v) is 9.79. The Hall–Kier alpha value is -1.40. The van der Waals surface area contributed by atoms with Crippen molar-refractivity contribution in [3.63, 3.8) is 0 Å². The number of hydrogen-bond acceptors (Lipinski definition) is 5. The third-order valence-electron chi connectivity index (χ3n) is 4.84. The number of aromatic nitrogens is 2. The maximum Gasteiger partial charge on any atom is 0.237 e. The number of guanidine groups is 1. The lowest BCUT2D eigenvalue weighted by Gasteiger charge is -2.43. The molecule has 1 aliphatic rings. The Balaban J connectivity index is 0.00000261. The molecule has 3 heterocycles. The predicted octanol–water partition coefficient (Wildman–Crippen LogP) is 1.36. The van der Waals surface area contributed by atoms with Gasteiger partial charge in [-0.25, -0.2) is 9.98 Å². The van der Waals surface area contributed by atoms with E-state index in [-0.39, 0.29) is 29.9 Å². The summed E-state index contributed by atoms with van der Waals surface area (Å²) in [7, 11) is 0. The molecular formula is C17H28IN7OS. The highest BCUT2D eigenvalue weighted by atomic mass is 127. The van der Waals surface area contributed by atoms with Gasteiger partial charge in [0.1, 0.15) is 0 Å². The molecule has 2 aromatic rings. The number of amides is 1. The molecule has 0 spiro atoms. The molecule has 0 radical (unpaired) electrons. The molecule has 0 atom stereocenters. The topological polar surface area (TPSA) is 91.3 Å². The third kappa shape index (κ3) is 4.91. The van der Waals surface area contributed by atoms with Gasteiger partial charge in [-0.3, -0.25) is 14.1 Å². The van der Waals surface area contributed by atoms with Crippen LogP contribution in [0.3, 0.4) is 0 Å². The average molecular weight is 505 g/mol. The quantitative estimate of drug-likeness (QED) is 0.364. The van der Waals surface area contributed by atoms with Crippen molar-refractivity contribution < 1.29 is 4.79 Å². The second-order valence-electron chi connectivity index (χ2n) is 6.89. The van der Waals surface area contributed by atoms with Gasteiger partial charge in [0.15, 0.2) is 10.9 Å². The van der Waals surface area contributed by atoms with E-state index in [9.17, 15) is 4.79 Å². The molecule has 150 valence electrons. The van der Waals surface area contributed by atoms with E-state index in [4.69, 9.17) is 10.7 Å². The lowest BCUT2D eigenvalue weighted by molar-refractivity contribution is -0.129. The summed E-state index contributed by atoms with van der Waals surface area (Å²) in [4.78, 5) is 26.4. The van der Waals surface area contributed by atoms with Crippen LogP contribution in [0, 0.1) is 0 Å². The molecule has 10 heteroatoms. The summed E-state index contributed by atoms with van der Waals surface area (Å²) in [5.41, 5.74) is 5.88. The minimum atomic E-state index is -0.621. The number of primary amides is 1. The standard InChI is InChI=1S/C17H27N7OS.HI/c1-4-19-15(20-11-13-12-23-9-10-26-16(23)21-13)22-5-7-24(8-6-22)17(2,3)14(18)25;/h9-10,12H,4-8,11H2,1-3H3,(H2,18,25)(H,19,20);1H. The van der Waals surface area contributed by atoms with Gasteiger partial charge in [-0.15, -0.1) is 35.3 Å². The fourth-order valence-electron chi connectivity index (χ4n) is 3.07. The van der Waals surface area contributed by atoms with Crippen LogP contribution >= 0.6 is 35.3 Å². The van der Waals surface area contributed by atoms with Crippen LogP contribution in [0.2, 0.25) is 0 Å². The molecule has 0 bridgehead atoms. The number of nitrogens with two attached hydrogens (primary N) is 1. The van der Waals surface area contributed by atoms with Gasteiger partial charge in [0, 0.05) is 50.5 Å². The monoisotopic (exact) mass is 505 g/mol. The molecule has 0 aliphatic carbocycles. The van der Waals surface area contributed by atoms with Crippen molar-refractivity contribution in [2.45, 2.75) is 32.9 Å². The third-order valence-corrected chi connectivity index (χ3v) is 5.61. The van der Waals surface area contributed by atoms with E-state index in [1.54, 1.807) is 11.3 Å². The molecule has 1 amide bonds. The van der Waals surface area contributed by atoms with E-state index in [0.29, 0.717) is 6.54 Å². The van der Waals surface area contributed by atoms with Gasteiger partial charge in [0.2, 0.25) is 5.91 Å². The zero-order chi connectivity index (χ0) is 18.7. The SMILES string of the molecule is CCNC(=NCc1cn2ccsc2n1)N1CCN(C(C)(C)C(N)=O)CC1.I. The van der Waals surface area contributed by atoms with Crippen molar-refractivity contribution in [3.8, 4) is 0 Å². The van der Waals surface area contributed by atoms with Crippen LogP contribution in [-0.2, 0) is 11.3 Å². The van der Waals surface area contributed by atoms with Crippen LogP contribution in [0.15, 0.2) is 22.8 Å². The van der Waals surface area contributed by atoms with Crippen LogP contribution in [0.25, 0.3) is 4.96 Å². The zero-order valence-electron chi connectivity index (χ0n) is 16.0. The second kappa shape index (κ2) is 9.20. The number of piperazine rings is 1. The number of halogens is 1. The van der Waals surface area contributed by atoms with Gasteiger partial charge < -0.3 is 16.0 Å². The first-order valence-electron chi connectivity index (χ1n) is 8.91. The molecule has 0 unspecified atom stereocenters. The Kier molecular flexibility index (Phi) is 7.46. The summed E-state index contributed by atoms with van der Waals surface area (Å²) in [6, 6.07) is 0. The highest BCUT2D eigenvalue weighted by Gasteiger charge is 2.35. The maximum atomic E-state index is 11.7. The number of carbonyl (C=O) groups is 1. The number of hydrogen-bond donors (Lipinski definition) is 2. The van der Waals surface area contributed by atoms with Crippen LogP contribution in [0.1, 0.15) is 26.5 Å². The summed E-state index contributed by atoms with van der Waals surface area (Å²) < 4.78 is 2.02. The van der Waals surface area contributed by atoms with Gasteiger partial charge in [0.25, 0.3) is 0 Å². The van der Waals surface area contributed by atoms with Crippen LogP contribution < -0.4 is 11.1 Å². The Morgan fingerprint density at radius 2 is 2.07 bits per heavy atom. The number of nitrogens with one attached hydrogen (secondary N) is 1. The van der Waals surface area contributed by atoms with Crippen molar-refractivity contribution in [2.75, 3.05) is 32.7 Å². The number of rotatable bonds is 5. The Morgan fingerprint density at radius 3 is 2.67 bits per heavy atom. The van der Waals surface area contributed by atoms with Crippen molar-refractivity contribution in [3.05, 3.63) is 23.5 Å². The molecular weight excluding hydrogens is 477 g/mol. The van der Waals surface area contributed by atoms with Crippen molar-refractivity contribution in [1.82, 2.24) is 24.5 Å². The maximum absolute atomic E-state index is 11.7. The van der Waals surface area contributed by atoms with E-state index in [0.717, 1.165) is 49.3 Å². The summed E-state index contributed by atoms with van der Waals surface area (Å²) in [5.74, 6) is 0.603. The van der Waals surface area contributed by atoms with E-state index in [1.807, 2.05) is 36.0 Å². The van der Waals surface area contributed by atoms with Crippen molar-refractivity contribution >= 4 is 52.1 Å². The number of imidazole rings is 1. The number of aliphatic imine (C=N–C) groups is 1. The normalized spacial score (nSPS) is 16.4. The van der Waals surface area contributed by atoms with E-state index >= 15 is 0 Å². The average Bonchev–Trinajstić information content (AvgIpc) is 3.20. The Morgan fingerprint density at radius 1 is 1.37 bits per heavy atom. The number of thiazole rings is 1. The Labute approximate surface area is 180 Å². The molecule has 3 rings (SSSR count). The molecule has 2 aromatic heterocycles. The summed E-state index contributed by atoms with van der Waals surface area (Å²) in [5, 5.41) is 5.38. The largest absolute Gasteiger partial charge is 0.368 e. The van der Waals surface area contributed by atoms with Gasteiger partial charge in [-0.2, -0.15) is 0 Å². The molecule has 8 nitrogen and oxygen atoms in total. The van der Waals surface area contributed by atoms with E-state index in [2.05, 4.69) is 27.0 Å². The predicted molar refractivity (Wildman–Crippen MR) is 120 cm³/mol. The van der Waals surface area contributed by atoms with Gasteiger partial charge in [0.05, 0.1) is 17.8 Å². The van der Waals surface area contributed by atoms with Gasteiger partial charge in [-0.05, 0) is 20.8 Å². The Bertz CT molecular complexity index is 764. The smallest absolute Gasteiger partial charge is 0.237 e. The highest BCUT2D eigenvalue weighted by Crippen LogP contribution is 2.17. The highest BCUT2D eigenvalue weighted by molar-refractivity contribution is 14.0. The van der Waals surface area contributed by atoms with Crippen molar-refractivity contribution in [1.29, 1.82) is 0 Å². The summed E-state index contributed by atoms with van der Waals surface area (Å²) >= 11 is 1.62. The van der Waals surface area contributed by atoms with Gasteiger partial charge >= 0.3 is 0 Å². The van der Waals surface area contributed by atoms with E-state index in [1.165, 1.54) is 0 Å². The molecule has 1 aliphatic heterocycles. The molecule has 0 aromatic carbocycles. The fourth-order valence-corrected chi connectivity index (χ4v) is 3.79. The fraction of sp³-hybridized carbons (Fsp3) is 0.588. The van der Waals surface area contributed by atoms with Gasteiger partial charge in [-0.1, -0.05) is 0 Å². The molecule has 27 heavy (non-hydrogen) atoms. The van der Waals surface area contributed by atoms with Crippen LogP contribution in [0.4, 0.5) is 0 Å². The lowest BCUT2D eigenvalue weighted by atomic mass is 10.0. The number of fused-ring (bicyclic) bond motifs is 1. The summed E-state index contributed by atoms with van der Waals surface area (Å²) in [6.45, 7) is 10.4. The first-order chi connectivity index (χ1) is 12.4. The van der Waals surface area contributed by atoms with Crippen LogP contribution in [-0.4, -0.2) is 69.3 Å². The molecule has 0 saturated carbocycles. The van der Waals surface area contributed by atoms with Crippen molar-refractivity contribution in [2.24, 2.45) is 10.7 Å². The number of nitrogens with zero attached hydrogens (tertiary/aromatic N) is 5. The minimum absolute atomic E-state index is 0. The van der Waals surface area contributed by atoms with Crippen LogP contribution in [0.5, 0.6) is 0 Å². The lowest BCUT2D eigenvalue weighted by Crippen LogP contribution is -2.61. The molecule has 1 saturated heterocycles. The summed E-state index contributed by atoms with van der Waals surface area (Å²) in [6.07, 6.45) is 4.03. The molecule has 1 fully saturated rings. The molecule has 3 N–H and O–H groups in total. The second-order valence-corrected chi connectivity index (χ2v) is 7.77. The number of carbonyl (C=O) groups excluding carboxylic acids is 1.